The van der Waals surface area contributed by atoms with E-state index in [1.165, 1.54) is 14.2 Å². The van der Waals surface area contributed by atoms with Crippen molar-refractivity contribution in [3.8, 4) is 11.5 Å². The Balaban J connectivity index is 3.22. The number of aliphatic hydroxyl groups excluding tert-OH is 1. The van der Waals surface area contributed by atoms with Crippen molar-refractivity contribution in [2.24, 2.45) is 5.73 Å². The highest BCUT2D eigenvalue weighted by Crippen LogP contribution is 2.39. The Morgan fingerprint density at radius 1 is 1.40 bits per heavy atom. The molecule has 1 aromatic rings. The summed E-state index contributed by atoms with van der Waals surface area (Å²) in [7, 11) is 3.01. The fraction of sp³-hybridized carbons (Fsp3) is 0.400. The first-order valence-corrected chi connectivity index (χ1v) is 4.82. The van der Waals surface area contributed by atoms with Gasteiger partial charge in [-0.25, -0.2) is 0 Å². The number of benzene rings is 1. The van der Waals surface area contributed by atoms with E-state index < -0.39 is 6.10 Å². The van der Waals surface area contributed by atoms with Gasteiger partial charge in [0.1, 0.15) is 0 Å². The average Bonchev–Trinajstić information content (AvgIpc) is 2.27. The second-order valence-electron chi connectivity index (χ2n) is 2.96. The van der Waals surface area contributed by atoms with Gasteiger partial charge in [-0.05, 0) is 6.07 Å². The van der Waals surface area contributed by atoms with Crippen molar-refractivity contribution >= 4 is 11.6 Å². The molecule has 4 nitrogen and oxygen atoms in total. The Morgan fingerprint density at radius 3 is 2.53 bits per heavy atom. The van der Waals surface area contributed by atoms with E-state index in [1.54, 1.807) is 12.1 Å². The first kappa shape index (κ1) is 12.1. The Morgan fingerprint density at radius 2 is 2.07 bits per heavy atom. The minimum Gasteiger partial charge on any atom is -0.493 e. The third-order valence-corrected chi connectivity index (χ3v) is 2.49. The summed E-state index contributed by atoms with van der Waals surface area (Å²) in [5, 5.41) is 9.92. The van der Waals surface area contributed by atoms with E-state index in [4.69, 9.17) is 26.8 Å². The Kier molecular flexibility index (Phi) is 4.20. The molecule has 1 aromatic carbocycles. The van der Waals surface area contributed by atoms with Crippen LogP contribution in [0.3, 0.4) is 0 Å². The molecule has 0 amide bonds. The first-order valence-electron chi connectivity index (χ1n) is 4.44. The van der Waals surface area contributed by atoms with E-state index in [0.29, 0.717) is 22.1 Å². The second kappa shape index (κ2) is 5.21. The summed E-state index contributed by atoms with van der Waals surface area (Å²) in [5.74, 6) is 0.930. The highest BCUT2D eigenvalue weighted by atomic mass is 35.5. The van der Waals surface area contributed by atoms with Crippen LogP contribution in [0.4, 0.5) is 0 Å². The molecule has 3 N–H and O–H groups in total. The fourth-order valence-corrected chi connectivity index (χ4v) is 1.65. The zero-order chi connectivity index (χ0) is 11.4. The van der Waals surface area contributed by atoms with Crippen LogP contribution in [0.15, 0.2) is 12.1 Å². The van der Waals surface area contributed by atoms with Crippen molar-refractivity contribution in [3.05, 3.63) is 22.7 Å². The van der Waals surface area contributed by atoms with E-state index in [-0.39, 0.29) is 6.54 Å². The summed E-state index contributed by atoms with van der Waals surface area (Å²) in [6, 6.07) is 3.35. The highest BCUT2D eigenvalue weighted by molar-refractivity contribution is 6.33. The number of aliphatic hydroxyl groups is 1. The Labute approximate surface area is 93.6 Å². The predicted octanol–water partition coefficient (Wildman–Crippen LogP) is 1.35. The molecule has 0 unspecified atom stereocenters. The maximum atomic E-state index is 9.59. The molecular weight excluding hydrogens is 218 g/mol. The molecule has 0 aliphatic heterocycles. The van der Waals surface area contributed by atoms with Crippen molar-refractivity contribution in [2.45, 2.75) is 6.10 Å². The van der Waals surface area contributed by atoms with Gasteiger partial charge in [-0.1, -0.05) is 17.7 Å². The van der Waals surface area contributed by atoms with Gasteiger partial charge in [-0.2, -0.15) is 0 Å². The third-order valence-electron chi connectivity index (χ3n) is 2.10. The van der Waals surface area contributed by atoms with Gasteiger partial charge in [0, 0.05) is 12.1 Å². The molecule has 0 fully saturated rings. The zero-order valence-corrected chi connectivity index (χ0v) is 9.41. The molecule has 1 atom stereocenters. The van der Waals surface area contributed by atoms with Gasteiger partial charge in [-0.15, -0.1) is 0 Å². The topological polar surface area (TPSA) is 64.7 Å². The van der Waals surface area contributed by atoms with Crippen LogP contribution >= 0.6 is 11.6 Å². The molecule has 0 bridgehead atoms. The SMILES string of the molecule is COc1ccc([C@@H](O)CN)c(Cl)c1OC. The number of hydrogen-bond acceptors (Lipinski definition) is 4. The van der Waals surface area contributed by atoms with Crippen molar-refractivity contribution < 1.29 is 14.6 Å². The van der Waals surface area contributed by atoms with Gasteiger partial charge >= 0.3 is 0 Å². The van der Waals surface area contributed by atoms with Gasteiger partial charge in [0.2, 0.25) is 0 Å². The van der Waals surface area contributed by atoms with Crippen LogP contribution < -0.4 is 15.2 Å². The molecule has 0 aromatic heterocycles. The Hall–Kier alpha value is -0.970. The molecule has 0 radical (unpaired) electrons. The summed E-state index contributed by atoms with van der Waals surface area (Å²) >= 11 is 6.05. The summed E-state index contributed by atoms with van der Waals surface area (Å²) in [4.78, 5) is 0. The minimum absolute atomic E-state index is 0.106. The van der Waals surface area contributed by atoms with Crippen LogP contribution in [-0.2, 0) is 0 Å². The number of rotatable bonds is 4. The van der Waals surface area contributed by atoms with Crippen LogP contribution in [0.1, 0.15) is 11.7 Å². The maximum Gasteiger partial charge on any atom is 0.179 e. The van der Waals surface area contributed by atoms with Crippen molar-refractivity contribution in [3.63, 3.8) is 0 Å². The van der Waals surface area contributed by atoms with Crippen LogP contribution in [-0.4, -0.2) is 25.9 Å². The van der Waals surface area contributed by atoms with Crippen LogP contribution in [0.5, 0.6) is 11.5 Å². The third kappa shape index (κ3) is 2.34. The molecule has 0 aliphatic rings. The number of methoxy groups -OCH3 is 2. The first-order chi connectivity index (χ1) is 7.15. The monoisotopic (exact) mass is 231 g/mol. The van der Waals surface area contributed by atoms with Crippen molar-refractivity contribution in [1.29, 1.82) is 0 Å². The lowest BCUT2D eigenvalue weighted by atomic mass is 10.1. The van der Waals surface area contributed by atoms with Crippen molar-refractivity contribution in [1.82, 2.24) is 0 Å². The zero-order valence-electron chi connectivity index (χ0n) is 8.66. The summed E-state index contributed by atoms with van der Waals surface area (Å²) in [6.07, 6.45) is -0.794. The lowest BCUT2D eigenvalue weighted by Crippen LogP contribution is -2.12. The number of halogens is 1. The molecule has 0 saturated carbocycles. The fourth-order valence-electron chi connectivity index (χ4n) is 1.29. The second-order valence-corrected chi connectivity index (χ2v) is 3.33. The maximum absolute atomic E-state index is 9.59. The van der Waals surface area contributed by atoms with E-state index in [9.17, 15) is 5.11 Å². The lowest BCUT2D eigenvalue weighted by Gasteiger charge is -2.15. The van der Waals surface area contributed by atoms with Crippen LogP contribution in [0, 0.1) is 0 Å². The predicted molar refractivity (Wildman–Crippen MR) is 58.6 cm³/mol. The van der Waals surface area contributed by atoms with Gasteiger partial charge in [0.05, 0.1) is 25.3 Å². The highest BCUT2D eigenvalue weighted by Gasteiger charge is 2.17. The largest absolute Gasteiger partial charge is 0.493 e. The number of nitrogens with two attached hydrogens (primary N) is 1. The summed E-state index contributed by atoms with van der Waals surface area (Å²) < 4.78 is 10.2. The molecular formula is C10H14ClNO3. The molecule has 5 heteroatoms. The van der Waals surface area contributed by atoms with E-state index in [0.717, 1.165) is 0 Å². The summed E-state index contributed by atoms with van der Waals surface area (Å²) in [5.41, 5.74) is 5.89. The molecule has 15 heavy (non-hydrogen) atoms. The molecule has 0 spiro atoms. The number of hydrogen-bond donors (Lipinski definition) is 2. The van der Waals surface area contributed by atoms with Crippen LogP contribution in [0.25, 0.3) is 0 Å². The normalized spacial score (nSPS) is 12.3. The van der Waals surface area contributed by atoms with Gasteiger partial charge in [-0.3, -0.25) is 0 Å². The van der Waals surface area contributed by atoms with E-state index >= 15 is 0 Å². The van der Waals surface area contributed by atoms with Gasteiger partial charge in [0.25, 0.3) is 0 Å². The summed E-state index contributed by atoms with van der Waals surface area (Å²) in [6.45, 7) is 0.106. The van der Waals surface area contributed by atoms with Crippen LogP contribution in [0.2, 0.25) is 5.02 Å². The molecule has 0 saturated heterocycles. The average molecular weight is 232 g/mol. The molecule has 0 heterocycles. The standard InChI is InChI=1S/C10H14ClNO3/c1-14-8-4-3-6(7(13)5-12)9(11)10(8)15-2/h3-4,7,13H,5,12H2,1-2H3/t7-/m0/s1. The Bertz CT molecular complexity index is 344. The molecule has 84 valence electrons. The van der Waals surface area contributed by atoms with Gasteiger partial charge < -0.3 is 20.3 Å². The lowest BCUT2D eigenvalue weighted by molar-refractivity contribution is 0.186. The molecule has 1 rings (SSSR count). The van der Waals surface area contributed by atoms with Gasteiger partial charge in [0.15, 0.2) is 11.5 Å². The van der Waals surface area contributed by atoms with E-state index in [2.05, 4.69) is 0 Å². The van der Waals surface area contributed by atoms with Crippen molar-refractivity contribution in [2.75, 3.05) is 20.8 Å². The number of ether oxygens (including phenoxy) is 2. The smallest absolute Gasteiger partial charge is 0.179 e. The molecule has 0 aliphatic carbocycles. The quantitative estimate of drug-likeness (QED) is 0.821. The minimum atomic E-state index is -0.794. The van der Waals surface area contributed by atoms with E-state index in [1.807, 2.05) is 0 Å².